The summed E-state index contributed by atoms with van der Waals surface area (Å²) in [5.74, 6) is 0.652. The molecular formula is C19H23N3O5S. The highest BCUT2D eigenvalue weighted by atomic mass is 32.1. The highest BCUT2D eigenvalue weighted by Gasteiger charge is 2.39. The summed E-state index contributed by atoms with van der Waals surface area (Å²) in [6, 6.07) is 2.23. The number of Topliss-reactive ketones (excluding diaryl/α,β-unsaturated/α-hetero) is 1. The first-order valence-corrected chi connectivity index (χ1v) is 9.67. The topological polar surface area (TPSA) is 93.9 Å². The number of thiocarbonyl (C=S) groups is 1. The number of methoxy groups -OCH3 is 1. The molecule has 3 rings (SSSR count). The fraction of sp³-hybridized carbons (Fsp3) is 0.474. The van der Waals surface area contributed by atoms with Crippen LogP contribution in [0.15, 0.2) is 23.4 Å². The lowest BCUT2D eigenvalue weighted by molar-refractivity contribution is -0.385. The third-order valence-corrected chi connectivity index (χ3v) is 5.33. The van der Waals surface area contributed by atoms with E-state index in [1.165, 1.54) is 13.2 Å². The van der Waals surface area contributed by atoms with Gasteiger partial charge in [0.15, 0.2) is 22.4 Å². The molecule has 1 heterocycles. The van der Waals surface area contributed by atoms with Crippen molar-refractivity contribution in [3.05, 3.63) is 39.1 Å². The molecule has 1 atom stereocenters. The van der Waals surface area contributed by atoms with E-state index in [0.717, 1.165) is 18.5 Å². The lowest BCUT2D eigenvalue weighted by Crippen LogP contribution is -2.49. The van der Waals surface area contributed by atoms with Crippen LogP contribution in [-0.4, -0.2) is 41.0 Å². The minimum Gasteiger partial charge on any atom is -0.493 e. The average Bonchev–Trinajstić information content (AvgIpc) is 2.67. The van der Waals surface area contributed by atoms with Crippen LogP contribution in [0.25, 0.3) is 0 Å². The summed E-state index contributed by atoms with van der Waals surface area (Å²) in [5.41, 5.74) is 1.61. The molecule has 0 radical (unpaired) electrons. The summed E-state index contributed by atoms with van der Waals surface area (Å²) in [5, 5.41) is 15.4. The molecule has 1 unspecified atom stereocenters. The van der Waals surface area contributed by atoms with Crippen molar-refractivity contribution in [1.82, 2.24) is 10.2 Å². The summed E-state index contributed by atoms with van der Waals surface area (Å²) in [6.45, 7) is 4.78. The molecule has 0 aromatic heterocycles. The van der Waals surface area contributed by atoms with Crippen LogP contribution >= 0.6 is 12.2 Å². The van der Waals surface area contributed by atoms with Gasteiger partial charge in [-0.05, 0) is 45.0 Å². The molecule has 0 fully saturated rings. The van der Waals surface area contributed by atoms with Gasteiger partial charge in [0.25, 0.3) is 5.69 Å². The summed E-state index contributed by atoms with van der Waals surface area (Å²) < 4.78 is 10.9. The number of benzene rings is 1. The Morgan fingerprint density at radius 3 is 2.68 bits per heavy atom. The van der Waals surface area contributed by atoms with Crippen molar-refractivity contribution in [3.63, 3.8) is 0 Å². The number of carbonyl (C=O) groups is 1. The van der Waals surface area contributed by atoms with Crippen LogP contribution in [0.3, 0.4) is 0 Å². The molecule has 9 heteroatoms. The second-order valence-electron chi connectivity index (χ2n) is 6.52. The number of carbonyl (C=O) groups excluding carboxylic acids is 1. The van der Waals surface area contributed by atoms with Crippen molar-refractivity contribution in [2.75, 3.05) is 20.3 Å². The molecule has 1 N–H and O–H groups in total. The van der Waals surface area contributed by atoms with E-state index in [2.05, 4.69) is 5.32 Å². The predicted octanol–water partition coefficient (Wildman–Crippen LogP) is 3.26. The summed E-state index contributed by atoms with van der Waals surface area (Å²) >= 11 is 5.50. The van der Waals surface area contributed by atoms with Crippen LogP contribution in [0.2, 0.25) is 0 Å². The minimum atomic E-state index is -0.691. The Balaban J connectivity index is 2.23. The monoisotopic (exact) mass is 405 g/mol. The quantitative estimate of drug-likeness (QED) is 0.438. The van der Waals surface area contributed by atoms with Crippen molar-refractivity contribution in [2.45, 2.75) is 39.2 Å². The summed E-state index contributed by atoms with van der Waals surface area (Å²) in [4.78, 5) is 26.0. The zero-order valence-corrected chi connectivity index (χ0v) is 16.9. The van der Waals surface area contributed by atoms with Crippen LogP contribution in [0, 0.1) is 10.1 Å². The van der Waals surface area contributed by atoms with Crippen molar-refractivity contribution >= 4 is 28.8 Å². The second-order valence-corrected chi connectivity index (χ2v) is 6.90. The number of rotatable bonds is 6. The fourth-order valence-electron chi connectivity index (χ4n) is 3.80. The van der Waals surface area contributed by atoms with Gasteiger partial charge in [0.1, 0.15) is 0 Å². The van der Waals surface area contributed by atoms with Crippen LogP contribution in [0.1, 0.15) is 44.7 Å². The van der Waals surface area contributed by atoms with E-state index in [-0.39, 0.29) is 17.2 Å². The first-order valence-electron chi connectivity index (χ1n) is 9.26. The molecule has 0 bridgehead atoms. The number of nitro benzene ring substituents is 1. The Labute approximate surface area is 168 Å². The Bertz CT molecular complexity index is 867. The van der Waals surface area contributed by atoms with Crippen molar-refractivity contribution in [1.29, 1.82) is 0 Å². The average molecular weight is 405 g/mol. The van der Waals surface area contributed by atoms with Crippen molar-refractivity contribution < 1.29 is 19.2 Å². The maximum absolute atomic E-state index is 12.8. The number of allylic oxidation sites excluding steroid dienone is 1. The second kappa shape index (κ2) is 8.14. The molecular weight excluding hydrogens is 382 g/mol. The standard InChI is InChI=1S/C19H23N3O5S/c1-4-21-12-7-6-8-14(23)17(12)18(20-19(21)28)11-9-16(27-5-2)15(26-3)10-13(11)22(24)25/h9-10,18H,4-8H2,1-3H3,(H,20,28). The third-order valence-electron chi connectivity index (χ3n) is 4.99. The molecule has 0 saturated carbocycles. The molecule has 1 aromatic carbocycles. The Morgan fingerprint density at radius 2 is 2.07 bits per heavy atom. The van der Waals surface area contributed by atoms with E-state index in [9.17, 15) is 14.9 Å². The smallest absolute Gasteiger partial charge is 0.279 e. The number of nitrogens with zero attached hydrogens (tertiary/aromatic N) is 2. The number of nitrogens with one attached hydrogen (secondary N) is 1. The molecule has 28 heavy (non-hydrogen) atoms. The SMILES string of the molecule is CCOc1cc(C2NC(=S)N(CC)C3=C2C(=O)CCC3)c([N+](=O)[O-])cc1OC. The summed E-state index contributed by atoms with van der Waals surface area (Å²) in [6.07, 6.45) is 1.89. The van der Waals surface area contributed by atoms with E-state index < -0.39 is 11.0 Å². The molecule has 150 valence electrons. The van der Waals surface area contributed by atoms with Crippen LogP contribution in [0.4, 0.5) is 5.69 Å². The van der Waals surface area contributed by atoms with E-state index in [0.29, 0.717) is 41.6 Å². The van der Waals surface area contributed by atoms with E-state index in [1.54, 1.807) is 6.07 Å². The maximum Gasteiger partial charge on any atom is 0.279 e. The van der Waals surface area contributed by atoms with Crippen molar-refractivity contribution in [3.8, 4) is 11.5 Å². The number of nitro groups is 1. The van der Waals surface area contributed by atoms with Gasteiger partial charge in [-0.2, -0.15) is 0 Å². The van der Waals surface area contributed by atoms with Gasteiger partial charge >= 0.3 is 0 Å². The largest absolute Gasteiger partial charge is 0.493 e. The first kappa shape index (κ1) is 20.1. The van der Waals surface area contributed by atoms with E-state index in [1.807, 2.05) is 18.7 Å². The number of hydrogen-bond acceptors (Lipinski definition) is 6. The molecule has 0 saturated heterocycles. The van der Waals surface area contributed by atoms with E-state index >= 15 is 0 Å². The van der Waals surface area contributed by atoms with Gasteiger partial charge in [-0.3, -0.25) is 14.9 Å². The molecule has 8 nitrogen and oxygen atoms in total. The number of ketones is 1. The normalized spacial score (nSPS) is 19.2. The fourth-order valence-corrected chi connectivity index (χ4v) is 4.16. The lowest BCUT2D eigenvalue weighted by atomic mass is 9.84. The highest BCUT2D eigenvalue weighted by Crippen LogP contribution is 2.43. The van der Waals surface area contributed by atoms with Crippen LogP contribution < -0.4 is 14.8 Å². The van der Waals surface area contributed by atoms with Gasteiger partial charge in [0.2, 0.25) is 0 Å². The van der Waals surface area contributed by atoms with E-state index in [4.69, 9.17) is 21.7 Å². The molecule has 1 aliphatic heterocycles. The third kappa shape index (κ3) is 3.42. The van der Waals surface area contributed by atoms with Crippen LogP contribution in [0.5, 0.6) is 11.5 Å². The first-order chi connectivity index (χ1) is 13.4. The van der Waals surface area contributed by atoms with Gasteiger partial charge in [-0.25, -0.2) is 0 Å². The zero-order valence-electron chi connectivity index (χ0n) is 16.1. The van der Waals surface area contributed by atoms with Crippen LogP contribution in [-0.2, 0) is 4.79 Å². The minimum absolute atomic E-state index is 0.0113. The van der Waals surface area contributed by atoms with Crippen molar-refractivity contribution in [2.24, 2.45) is 0 Å². The number of ether oxygens (including phenoxy) is 2. The van der Waals surface area contributed by atoms with Gasteiger partial charge in [0, 0.05) is 24.2 Å². The molecule has 2 aliphatic rings. The Hall–Kier alpha value is -2.68. The van der Waals surface area contributed by atoms with Gasteiger partial charge in [0.05, 0.1) is 36.3 Å². The molecule has 1 aliphatic carbocycles. The highest BCUT2D eigenvalue weighted by molar-refractivity contribution is 7.80. The number of hydrogen-bond donors (Lipinski definition) is 1. The predicted molar refractivity (Wildman–Crippen MR) is 108 cm³/mol. The maximum atomic E-state index is 12.8. The van der Waals surface area contributed by atoms with Gasteiger partial charge in [-0.15, -0.1) is 0 Å². The Morgan fingerprint density at radius 1 is 1.32 bits per heavy atom. The summed E-state index contributed by atoms with van der Waals surface area (Å²) in [7, 11) is 1.43. The zero-order chi connectivity index (χ0) is 20.4. The Kier molecular flexibility index (Phi) is 5.83. The van der Waals surface area contributed by atoms with Gasteiger partial charge in [-0.1, -0.05) is 0 Å². The molecule has 0 amide bonds. The lowest BCUT2D eigenvalue weighted by Gasteiger charge is -2.40. The molecule has 1 aromatic rings. The molecule has 0 spiro atoms. The van der Waals surface area contributed by atoms with Gasteiger partial charge < -0.3 is 19.7 Å².